The minimum absolute atomic E-state index is 0.209. The van der Waals surface area contributed by atoms with Gasteiger partial charge in [-0.05, 0) is 24.0 Å². The third-order valence-electron chi connectivity index (χ3n) is 2.85. The van der Waals surface area contributed by atoms with Gasteiger partial charge in [-0.1, -0.05) is 24.3 Å². The molecule has 3 nitrogen and oxygen atoms in total. The monoisotopic (exact) mass is 205 g/mol. The zero-order valence-electron chi connectivity index (χ0n) is 8.82. The highest BCUT2D eigenvalue weighted by molar-refractivity contribution is 5.71. The number of nitrogens with one attached hydrogen (secondary N) is 1. The average molecular weight is 205 g/mol. The van der Waals surface area contributed by atoms with Gasteiger partial charge in [-0.3, -0.25) is 4.79 Å². The van der Waals surface area contributed by atoms with Crippen LogP contribution in [-0.2, 0) is 16.0 Å². The third kappa shape index (κ3) is 2.18. The first-order chi connectivity index (χ1) is 7.31. The molecule has 0 amide bonds. The molecule has 0 heterocycles. The largest absolute Gasteiger partial charge is 0.468 e. The van der Waals surface area contributed by atoms with E-state index in [1.807, 2.05) is 6.07 Å². The topological polar surface area (TPSA) is 38.3 Å². The SMILES string of the molecule is COC(=O)CNC1CCc2ccccc21. The Morgan fingerprint density at radius 2 is 2.33 bits per heavy atom. The summed E-state index contributed by atoms with van der Waals surface area (Å²) in [6.07, 6.45) is 2.16. The Morgan fingerprint density at radius 3 is 3.13 bits per heavy atom. The number of hydrogen-bond donors (Lipinski definition) is 1. The molecule has 1 aliphatic rings. The average Bonchev–Trinajstić information content (AvgIpc) is 2.69. The van der Waals surface area contributed by atoms with Gasteiger partial charge in [-0.15, -0.1) is 0 Å². The quantitative estimate of drug-likeness (QED) is 0.759. The molecular weight excluding hydrogens is 190 g/mol. The van der Waals surface area contributed by atoms with Crippen molar-refractivity contribution in [1.29, 1.82) is 0 Å². The van der Waals surface area contributed by atoms with Crippen molar-refractivity contribution < 1.29 is 9.53 Å². The van der Waals surface area contributed by atoms with Crippen LogP contribution < -0.4 is 5.32 Å². The van der Waals surface area contributed by atoms with Gasteiger partial charge >= 0.3 is 5.97 Å². The van der Waals surface area contributed by atoms with Gasteiger partial charge in [0.25, 0.3) is 0 Å². The van der Waals surface area contributed by atoms with Crippen LogP contribution in [-0.4, -0.2) is 19.6 Å². The van der Waals surface area contributed by atoms with E-state index in [-0.39, 0.29) is 12.5 Å². The Hall–Kier alpha value is -1.35. The van der Waals surface area contributed by atoms with Gasteiger partial charge in [-0.25, -0.2) is 0 Å². The zero-order valence-corrected chi connectivity index (χ0v) is 8.82. The van der Waals surface area contributed by atoms with Crippen LogP contribution in [0.25, 0.3) is 0 Å². The summed E-state index contributed by atoms with van der Waals surface area (Å²) in [6.45, 7) is 0.287. The number of aryl methyl sites for hydroxylation is 1. The van der Waals surface area contributed by atoms with Crippen LogP contribution >= 0.6 is 0 Å². The Morgan fingerprint density at radius 1 is 1.53 bits per heavy atom. The van der Waals surface area contributed by atoms with Gasteiger partial charge < -0.3 is 10.1 Å². The maximum absolute atomic E-state index is 11.0. The minimum atomic E-state index is -0.209. The van der Waals surface area contributed by atoms with E-state index < -0.39 is 0 Å². The molecule has 1 aromatic rings. The van der Waals surface area contributed by atoms with Crippen LogP contribution in [0, 0.1) is 0 Å². The fraction of sp³-hybridized carbons (Fsp3) is 0.417. The summed E-state index contributed by atoms with van der Waals surface area (Å²) in [7, 11) is 1.41. The van der Waals surface area contributed by atoms with Crippen LogP contribution in [0.4, 0.5) is 0 Å². The summed E-state index contributed by atoms with van der Waals surface area (Å²) in [5.74, 6) is -0.209. The number of carbonyl (C=O) groups is 1. The van der Waals surface area contributed by atoms with Gasteiger partial charge in [0.15, 0.2) is 0 Å². The molecule has 80 valence electrons. The van der Waals surface area contributed by atoms with E-state index in [1.165, 1.54) is 18.2 Å². The molecule has 1 unspecified atom stereocenters. The molecule has 0 radical (unpaired) electrons. The van der Waals surface area contributed by atoms with E-state index in [9.17, 15) is 4.79 Å². The van der Waals surface area contributed by atoms with Crippen molar-refractivity contribution in [2.24, 2.45) is 0 Å². The number of ether oxygens (including phenoxy) is 1. The van der Waals surface area contributed by atoms with Crippen LogP contribution in [0.1, 0.15) is 23.6 Å². The molecule has 3 heteroatoms. The molecule has 0 aliphatic heterocycles. The van der Waals surface area contributed by atoms with E-state index in [1.54, 1.807) is 0 Å². The number of fused-ring (bicyclic) bond motifs is 1. The second-order valence-corrected chi connectivity index (χ2v) is 3.75. The summed E-state index contributed by atoms with van der Waals surface area (Å²) >= 11 is 0. The van der Waals surface area contributed by atoms with E-state index in [2.05, 4.69) is 28.3 Å². The Balaban J connectivity index is 1.99. The van der Waals surface area contributed by atoms with Crippen molar-refractivity contribution in [2.45, 2.75) is 18.9 Å². The predicted octanol–water partition coefficient (Wildman–Crippen LogP) is 1.44. The lowest BCUT2D eigenvalue weighted by molar-refractivity contribution is -0.139. The van der Waals surface area contributed by atoms with Gasteiger partial charge in [-0.2, -0.15) is 0 Å². The predicted molar refractivity (Wildman–Crippen MR) is 57.5 cm³/mol. The van der Waals surface area contributed by atoms with E-state index in [0.29, 0.717) is 6.04 Å². The minimum Gasteiger partial charge on any atom is -0.468 e. The number of rotatable bonds is 3. The second-order valence-electron chi connectivity index (χ2n) is 3.75. The summed E-state index contributed by atoms with van der Waals surface area (Å²) in [4.78, 5) is 11.0. The smallest absolute Gasteiger partial charge is 0.319 e. The molecule has 0 fully saturated rings. The summed E-state index contributed by atoms with van der Waals surface area (Å²) < 4.78 is 4.60. The van der Waals surface area contributed by atoms with Gasteiger partial charge in [0.05, 0.1) is 13.7 Å². The molecule has 1 atom stereocenters. The summed E-state index contributed by atoms with van der Waals surface area (Å²) in [5, 5.41) is 3.21. The zero-order chi connectivity index (χ0) is 10.7. The Bertz CT molecular complexity index is 362. The highest BCUT2D eigenvalue weighted by atomic mass is 16.5. The van der Waals surface area contributed by atoms with Crippen LogP contribution in [0.15, 0.2) is 24.3 Å². The number of benzene rings is 1. The maximum Gasteiger partial charge on any atom is 0.319 e. The first kappa shape index (κ1) is 10.2. The van der Waals surface area contributed by atoms with E-state index in [0.717, 1.165) is 12.8 Å². The number of methoxy groups -OCH3 is 1. The fourth-order valence-electron chi connectivity index (χ4n) is 2.05. The van der Waals surface area contributed by atoms with Crippen molar-refractivity contribution in [3.63, 3.8) is 0 Å². The van der Waals surface area contributed by atoms with Gasteiger partial charge in [0.1, 0.15) is 0 Å². The van der Waals surface area contributed by atoms with Crippen molar-refractivity contribution in [3.8, 4) is 0 Å². The number of carbonyl (C=O) groups excluding carboxylic acids is 1. The van der Waals surface area contributed by atoms with Gasteiger partial charge in [0, 0.05) is 6.04 Å². The summed E-state index contributed by atoms with van der Waals surface area (Å²) in [6, 6.07) is 8.67. The highest BCUT2D eigenvalue weighted by Gasteiger charge is 2.21. The van der Waals surface area contributed by atoms with Crippen LogP contribution in [0.2, 0.25) is 0 Å². The molecule has 0 aromatic heterocycles. The van der Waals surface area contributed by atoms with Crippen LogP contribution in [0.3, 0.4) is 0 Å². The van der Waals surface area contributed by atoms with E-state index in [4.69, 9.17) is 0 Å². The number of esters is 1. The third-order valence-corrected chi connectivity index (χ3v) is 2.85. The lowest BCUT2D eigenvalue weighted by atomic mass is 10.1. The lowest BCUT2D eigenvalue weighted by Gasteiger charge is -2.12. The van der Waals surface area contributed by atoms with Crippen LogP contribution in [0.5, 0.6) is 0 Å². The first-order valence-corrected chi connectivity index (χ1v) is 5.19. The fourth-order valence-corrected chi connectivity index (χ4v) is 2.05. The molecular formula is C12H15NO2. The molecule has 0 saturated heterocycles. The molecule has 15 heavy (non-hydrogen) atoms. The molecule has 0 spiro atoms. The normalized spacial score (nSPS) is 18.6. The Labute approximate surface area is 89.4 Å². The molecule has 2 rings (SSSR count). The molecule has 1 N–H and O–H groups in total. The molecule has 1 aromatic carbocycles. The van der Waals surface area contributed by atoms with Crippen molar-refractivity contribution in [3.05, 3.63) is 35.4 Å². The van der Waals surface area contributed by atoms with Crippen molar-refractivity contribution in [1.82, 2.24) is 5.32 Å². The standard InChI is InChI=1S/C12H15NO2/c1-15-12(14)8-13-11-7-6-9-4-2-3-5-10(9)11/h2-5,11,13H,6-8H2,1H3. The lowest BCUT2D eigenvalue weighted by Crippen LogP contribution is -2.27. The second kappa shape index (κ2) is 4.45. The maximum atomic E-state index is 11.0. The molecule has 0 bridgehead atoms. The van der Waals surface area contributed by atoms with Crippen molar-refractivity contribution in [2.75, 3.05) is 13.7 Å². The first-order valence-electron chi connectivity index (χ1n) is 5.19. The number of hydrogen-bond acceptors (Lipinski definition) is 3. The van der Waals surface area contributed by atoms with Crippen molar-refractivity contribution >= 4 is 5.97 Å². The Kier molecular flexibility index (Phi) is 3.02. The van der Waals surface area contributed by atoms with Gasteiger partial charge in [0.2, 0.25) is 0 Å². The highest BCUT2D eigenvalue weighted by Crippen LogP contribution is 2.30. The molecule has 1 aliphatic carbocycles. The summed E-state index contributed by atoms with van der Waals surface area (Å²) in [5.41, 5.74) is 2.71. The molecule has 0 saturated carbocycles. The van der Waals surface area contributed by atoms with E-state index >= 15 is 0 Å².